The van der Waals surface area contributed by atoms with Crippen LogP contribution in [0.3, 0.4) is 0 Å². The fourth-order valence-electron chi connectivity index (χ4n) is 3.03. The van der Waals surface area contributed by atoms with Gasteiger partial charge in [-0.25, -0.2) is 0 Å². The van der Waals surface area contributed by atoms with Gasteiger partial charge in [0, 0.05) is 37.1 Å². The summed E-state index contributed by atoms with van der Waals surface area (Å²) in [5.41, 5.74) is 1.47. The fourth-order valence-corrected chi connectivity index (χ4v) is 3.52. The van der Waals surface area contributed by atoms with Crippen LogP contribution in [0.1, 0.15) is 33.6 Å². The summed E-state index contributed by atoms with van der Waals surface area (Å²) in [6.45, 7) is 2.12. The van der Waals surface area contributed by atoms with Crippen LogP contribution in [0.5, 0.6) is 5.75 Å². The molecule has 1 unspecified atom stereocenters. The van der Waals surface area contributed by atoms with Crippen molar-refractivity contribution in [3.05, 3.63) is 58.1 Å². The van der Waals surface area contributed by atoms with Crippen LogP contribution in [0.2, 0.25) is 0 Å². The number of halogens is 1. The number of nitrogens with one attached hydrogen (secondary N) is 2. The minimum atomic E-state index is -0.279. The summed E-state index contributed by atoms with van der Waals surface area (Å²) >= 11 is 3.46. The van der Waals surface area contributed by atoms with Gasteiger partial charge in [0.2, 0.25) is 0 Å². The maximum atomic E-state index is 12.6. The number of amides is 2. The molecular formula is C22H25BrN2O5. The maximum absolute atomic E-state index is 12.6. The van der Waals surface area contributed by atoms with Crippen molar-refractivity contribution in [2.24, 2.45) is 0 Å². The monoisotopic (exact) mass is 476 g/mol. The summed E-state index contributed by atoms with van der Waals surface area (Å²) in [4.78, 5) is 24.8. The lowest BCUT2D eigenvalue weighted by atomic mass is 10.1. The van der Waals surface area contributed by atoms with Crippen LogP contribution in [0, 0.1) is 0 Å². The van der Waals surface area contributed by atoms with Gasteiger partial charge < -0.3 is 24.8 Å². The number of benzene rings is 2. The zero-order chi connectivity index (χ0) is 21.3. The van der Waals surface area contributed by atoms with E-state index in [0.717, 1.165) is 19.4 Å². The van der Waals surface area contributed by atoms with Crippen LogP contribution in [0.4, 0.5) is 5.69 Å². The second-order valence-electron chi connectivity index (χ2n) is 6.87. The Hall–Kier alpha value is -2.42. The topological polar surface area (TPSA) is 85.9 Å². The number of carbonyl (C=O) groups excluding carboxylic acids is 2. The van der Waals surface area contributed by atoms with E-state index in [1.54, 1.807) is 49.6 Å². The van der Waals surface area contributed by atoms with Crippen LogP contribution < -0.4 is 15.4 Å². The molecule has 0 radical (unpaired) electrons. The van der Waals surface area contributed by atoms with Gasteiger partial charge in [-0.2, -0.15) is 0 Å². The third-order valence-corrected chi connectivity index (χ3v) is 5.24. The summed E-state index contributed by atoms with van der Waals surface area (Å²) < 4.78 is 17.0. The SMILES string of the molecule is COCCNC(=O)c1cccc(NC(=O)c2ccc(OCC3CCCO3)c(Br)c2)c1. The van der Waals surface area contributed by atoms with Crippen LogP contribution in [-0.4, -0.2) is 51.4 Å². The second-order valence-corrected chi connectivity index (χ2v) is 7.73. The zero-order valence-electron chi connectivity index (χ0n) is 16.8. The first-order chi connectivity index (χ1) is 14.6. The Bertz CT molecular complexity index is 884. The molecule has 0 bridgehead atoms. The number of hydrogen-bond acceptors (Lipinski definition) is 5. The van der Waals surface area contributed by atoms with Crippen molar-refractivity contribution in [3.63, 3.8) is 0 Å². The number of methoxy groups -OCH3 is 1. The van der Waals surface area contributed by atoms with Gasteiger partial charge in [0.15, 0.2) is 0 Å². The molecule has 2 amide bonds. The summed E-state index contributed by atoms with van der Waals surface area (Å²) in [5, 5.41) is 5.57. The summed E-state index contributed by atoms with van der Waals surface area (Å²) in [6, 6.07) is 11.9. The standard InChI is InChI=1S/C22H25BrN2O5/c1-28-11-9-24-21(26)15-4-2-5-17(12-15)25-22(27)16-7-8-20(19(23)13-16)30-14-18-6-3-10-29-18/h2,4-5,7-8,12-13,18H,3,6,9-11,14H2,1H3,(H,24,26)(H,25,27). The minimum Gasteiger partial charge on any atom is -0.490 e. The minimum absolute atomic E-state index is 0.124. The molecule has 1 saturated heterocycles. The quantitative estimate of drug-likeness (QED) is 0.539. The first-order valence-corrected chi connectivity index (χ1v) is 10.6. The molecule has 1 atom stereocenters. The molecule has 160 valence electrons. The molecule has 1 aliphatic rings. The predicted octanol–water partition coefficient (Wildman–Crippen LogP) is 3.64. The summed E-state index contributed by atoms with van der Waals surface area (Å²) in [7, 11) is 1.57. The van der Waals surface area contributed by atoms with Crippen LogP contribution >= 0.6 is 15.9 Å². The molecular weight excluding hydrogens is 452 g/mol. The van der Waals surface area contributed by atoms with Crippen molar-refractivity contribution in [1.29, 1.82) is 0 Å². The van der Waals surface area contributed by atoms with E-state index >= 15 is 0 Å². The number of hydrogen-bond donors (Lipinski definition) is 2. The van der Waals surface area contributed by atoms with E-state index in [9.17, 15) is 9.59 Å². The van der Waals surface area contributed by atoms with Gasteiger partial charge in [-0.1, -0.05) is 6.07 Å². The lowest BCUT2D eigenvalue weighted by Crippen LogP contribution is -2.27. The highest BCUT2D eigenvalue weighted by Crippen LogP contribution is 2.27. The molecule has 8 heteroatoms. The Morgan fingerprint density at radius 3 is 2.73 bits per heavy atom. The Morgan fingerprint density at radius 1 is 1.17 bits per heavy atom. The van der Waals surface area contributed by atoms with Crippen molar-refractivity contribution in [1.82, 2.24) is 5.32 Å². The fraction of sp³-hybridized carbons (Fsp3) is 0.364. The average Bonchev–Trinajstić information content (AvgIpc) is 3.27. The lowest BCUT2D eigenvalue weighted by molar-refractivity contribution is 0.0677. The third-order valence-electron chi connectivity index (χ3n) is 4.62. The van der Waals surface area contributed by atoms with Gasteiger partial charge in [0.05, 0.1) is 17.2 Å². The molecule has 1 heterocycles. The largest absolute Gasteiger partial charge is 0.490 e. The molecule has 3 rings (SSSR count). The van der Waals surface area contributed by atoms with Crippen molar-refractivity contribution < 1.29 is 23.8 Å². The Kier molecular flexibility index (Phi) is 8.24. The summed E-state index contributed by atoms with van der Waals surface area (Å²) in [5.74, 6) is 0.161. The highest BCUT2D eigenvalue weighted by Gasteiger charge is 2.17. The zero-order valence-corrected chi connectivity index (χ0v) is 18.4. The number of anilines is 1. The summed E-state index contributed by atoms with van der Waals surface area (Å²) in [6.07, 6.45) is 2.19. The predicted molar refractivity (Wildman–Crippen MR) is 117 cm³/mol. The van der Waals surface area contributed by atoms with E-state index in [1.807, 2.05) is 0 Å². The molecule has 0 spiro atoms. The van der Waals surface area contributed by atoms with Gasteiger partial charge in [0.25, 0.3) is 11.8 Å². The van der Waals surface area contributed by atoms with E-state index in [4.69, 9.17) is 14.2 Å². The van der Waals surface area contributed by atoms with Crippen LogP contribution in [-0.2, 0) is 9.47 Å². The van der Waals surface area contributed by atoms with Crippen LogP contribution in [0.15, 0.2) is 46.9 Å². The van der Waals surface area contributed by atoms with E-state index in [2.05, 4.69) is 26.6 Å². The smallest absolute Gasteiger partial charge is 0.255 e. The Morgan fingerprint density at radius 2 is 2.00 bits per heavy atom. The van der Waals surface area contributed by atoms with Crippen molar-refractivity contribution in [2.45, 2.75) is 18.9 Å². The molecule has 0 aromatic heterocycles. The molecule has 2 aromatic carbocycles. The molecule has 1 aliphatic heterocycles. The Labute approximate surface area is 184 Å². The van der Waals surface area contributed by atoms with Gasteiger partial charge in [0.1, 0.15) is 12.4 Å². The lowest BCUT2D eigenvalue weighted by Gasteiger charge is -2.13. The molecule has 2 N–H and O–H groups in total. The second kappa shape index (κ2) is 11.1. The van der Waals surface area contributed by atoms with E-state index < -0.39 is 0 Å². The Balaban J connectivity index is 1.59. The van der Waals surface area contributed by atoms with Gasteiger partial charge in [-0.3, -0.25) is 9.59 Å². The first kappa shape index (κ1) is 22.3. The van der Waals surface area contributed by atoms with Crippen LogP contribution in [0.25, 0.3) is 0 Å². The maximum Gasteiger partial charge on any atom is 0.255 e. The van der Waals surface area contributed by atoms with E-state index in [1.165, 1.54) is 0 Å². The van der Waals surface area contributed by atoms with E-state index in [-0.39, 0.29) is 17.9 Å². The van der Waals surface area contributed by atoms with Crippen molar-refractivity contribution >= 4 is 33.4 Å². The third kappa shape index (κ3) is 6.29. The van der Waals surface area contributed by atoms with Gasteiger partial charge in [-0.05, 0) is 65.2 Å². The number of rotatable bonds is 9. The molecule has 1 fully saturated rings. The average molecular weight is 477 g/mol. The molecule has 2 aromatic rings. The molecule has 7 nitrogen and oxygen atoms in total. The highest BCUT2D eigenvalue weighted by molar-refractivity contribution is 9.10. The van der Waals surface area contributed by atoms with Crippen molar-refractivity contribution in [2.75, 3.05) is 38.8 Å². The van der Waals surface area contributed by atoms with Crippen molar-refractivity contribution in [3.8, 4) is 5.75 Å². The molecule has 0 aliphatic carbocycles. The van der Waals surface area contributed by atoms with E-state index in [0.29, 0.717) is 46.8 Å². The van der Waals surface area contributed by atoms with Gasteiger partial charge in [-0.15, -0.1) is 0 Å². The number of ether oxygens (including phenoxy) is 3. The molecule has 0 saturated carbocycles. The van der Waals surface area contributed by atoms with Gasteiger partial charge >= 0.3 is 0 Å². The highest BCUT2D eigenvalue weighted by atomic mass is 79.9. The number of carbonyl (C=O) groups is 2. The molecule has 30 heavy (non-hydrogen) atoms. The normalized spacial score (nSPS) is 15.6. The first-order valence-electron chi connectivity index (χ1n) is 9.79.